The van der Waals surface area contributed by atoms with Crippen molar-refractivity contribution in [3.05, 3.63) is 59.7 Å². The first-order valence-electron chi connectivity index (χ1n) is 9.83. The second-order valence-corrected chi connectivity index (χ2v) is 7.89. The van der Waals surface area contributed by atoms with E-state index in [0.717, 1.165) is 11.1 Å². The predicted molar refractivity (Wildman–Crippen MR) is 106 cm³/mol. The maximum absolute atomic E-state index is 13.1. The van der Waals surface area contributed by atoms with Gasteiger partial charge in [0.15, 0.2) is 5.78 Å². The van der Waals surface area contributed by atoms with Crippen molar-refractivity contribution in [1.82, 2.24) is 0 Å². The van der Waals surface area contributed by atoms with Gasteiger partial charge in [0.1, 0.15) is 17.8 Å². The molecule has 2 fully saturated rings. The topological polar surface area (TPSA) is 82.1 Å². The summed E-state index contributed by atoms with van der Waals surface area (Å²) in [6.07, 6.45) is -0.420. The molecular weight excluding hydrogens is 386 g/mol. The average molecular weight is 407 g/mol. The summed E-state index contributed by atoms with van der Waals surface area (Å²) in [4.78, 5) is 40.3. The van der Waals surface area contributed by atoms with Crippen LogP contribution in [0.1, 0.15) is 23.5 Å². The van der Waals surface area contributed by atoms with Gasteiger partial charge in [-0.05, 0) is 29.3 Å². The van der Waals surface area contributed by atoms with Crippen LogP contribution in [0.15, 0.2) is 48.5 Å². The standard InChI is InChI=1S/C23H21NO6/c1-28-14-8-9-16-15(10-14)19-20-17(11-18(25)23(19,20)21(26)29-2)24(16)22(27)30-12-13-6-4-3-5-7-13/h3-10,17,19-20H,11-12H2,1-2H3. The molecule has 0 saturated heterocycles. The molecule has 0 spiro atoms. The minimum absolute atomic E-state index is 0.113. The number of hydrogen-bond acceptors (Lipinski definition) is 6. The molecule has 2 aromatic carbocycles. The Morgan fingerprint density at radius 1 is 1.13 bits per heavy atom. The van der Waals surface area contributed by atoms with E-state index in [-0.39, 0.29) is 30.6 Å². The van der Waals surface area contributed by atoms with Crippen LogP contribution in [0.25, 0.3) is 0 Å². The highest BCUT2D eigenvalue weighted by atomic mass is 16.6. The molecule has 1 heterocycles. The van der Waals surface area contributed by atoms with Crippen LogP contribution in [-0.2, 0) is 25.7 Å². The lowest BCUT2D eigenvalue weighted by atomic mass is 9.89. The quantitative estimate of drug-likeness (QED) is 0.572. The van der Waals surface area contributed by atoms with Crippen molar-refractivity contribution in [1.29, 1.82) is 0 Å². The zero-order valence-electron chi connectivity index (χ0n) is 16.7. The maximum atomic E-state index is 13.1. The van der Waals surface area contributed by atoms with Crippen molar-refractivity contribution < 1.29 is 28.6 Å². The Morgan fingerprint density at radius 2 is 1.90 bits per heavy atom. The van der Waals surface area contributed by atoms with Crippen LogP contribution in [0.3, 0.4) is 0 Å². The third-order valence-electron chi connectivity index (χ3n) is 6.62. The van der Waals surface area contributed by atoms with Crippen LogP contribution in [0.5, 0.6) is 5.75 Å². The number of methoxy groups -OCH3 is 2. The lowest BCUT2D eigenvalue weighted by Gasteiger charge is -2.35. The molecule has 30 heavy (non-hydrogen) atoms. The SMILES string of the molecule is COC(=O)C12C(=O)CC3C1C2c1cc(OC)ccc1N3C(=O)OCc1ccccc1. The van der Waals surface area contributed by atoms with Gasteiger partial charge in [-0.3, -0.25) is 14.5 Å². The molecule has 2 aromatic rings. The molecule has 2 saturated carbocycles. The van der Waals surface area contributed by atoms with E-state index in [4.69, 9.17) is 14.2 Å². The summed E-state index contributed by atoms with van der Waals surface area (Å²) in [5.74, 6) is -0.718. The maximum Gasteiger partial charge on any atom is 0.414 e. The zero-order valence-corrected chi connectivity index (χ0v) is 16.7. The number of carbonyl (C=O) groups excluding carboxylic acids is 3. The Hall–Kier alpha value is -3.35. The van der Waals surface area contributed by atoms with Gasteiger partial charge in [-0.25, -0.2) is 4.79 Å². The van der Waals surface area contributed by atoms with Gasteiger partial charge in [0.2, 0.25) is 0 Å². The highest BCUT2D eigenvalue weighted by Crippen LogP contribution is 2.76. The molecule has 1 amide bonds. The van der Waals surface area contributed by atoms with Gasteiger partial charge in [-0.15, -0.1) is 0 Å². The first-order chi connectivity index (χ1) is 14.5. The Bertz CT molecular complexity index is 1050. The number of ether oxygens (including phenoxy) is 3. The Morgan fingerprint density at radius 3 is 2.60 bits per heavy atom. The second kappa shape index (κ2) is 6.58. The van der Waals surface area contributed by atoms with Gasteiger partial charge in [-0.2, -0.15) is 0 Å². The van der Waals surface area contributed by atoms with E-state index in [9.17, 15) is 14.4 Å². The molecule has 4 atom stereocenters. The predicted octanol–water partition coefficient (Wildman–Crippen LogP) is 3.07. The van der Waals surface area contributed by atoms with Gasteiger partial charge in [-0.1, -0.05) is 30.3 Å². The van der Waals surface area contributed by atoms with Crippen LogP contribution in [0.2, 0.25) is 0 Å². The number of rotatable bonds is 4. The second-order valence-electron chi connectivity index (χ2n) is 7.89. The van der Waals surface area contributed by atoms with E-state index < -0.39 is 23.5 Å². The molecular formula is C23H21NO6. The Labute approximate surface area is 173 Å². The largest absolute Gasteiger partial charge is 0.497 e. The van der Waals surface area contributed by atoms with Crippen LogP contribution in [-0.4, -0.2) is 38.1 Å². The third kappa shape index (κ3) is 2.35. The van der Waals surface area contributed by atoms with E-state index in [1.54, 1.807) is 25.3 Å². The number of Topliss-reactive ketones (excluding diaryl/α,β-unsaturated/α-hetero) is 1. The van der Waals surface area contributed by atoms with Gasteiger partial charge in [0.25, 0.3) is 0 Å². The van der Waals surface area contributed by atoms with E-state index >= 15 is 0 Å². The van der Waals surface area contributed by atoms with Crippen molar-refractivity contribution in [2.45, 2.75) is 25.0 Å². The van der Waals surface area contributed by atoms with Crippen LogP contribution >= 0.6 is 0 Å². The van der Waals surface area contributed by atoms with Crippen molar-refractivity contribution >= 4 is 23.5 Å². The first kappa shape index (κ1) is 18.7. The van der Waals surface area contributed by atoms with Crippen molar-refractivity contribution in [3.8, 4) is 5.75 Å². The number of amides is 1. The van der Waals surface area contributed by atoms with Gasteiger partial charge in [0, 0.05) is 18.3 Å². The highest BCUT2D eigenvalue weighted by Gasteiger charge is 2.83. The van der Waals surface area contributed by atoms with Gasteiger partial charge in [0.05, 0.1) is 25.9 Å². The molecule has 1 aliphatic heterocycles. The Balaban J connectivity index is 1.53. The number of benzene rings is 2. The highest BCUT2D eigenvalue weighted by molar-refractivity contribution is 6.14. The van der Waals surface area contributed by atoms with E-state index in [1.165, 1.54) is 12.0 Å². The molecule has 0 aromatic heterocycles. The molecule has 0 bridgehead atoms. The fraction of sp³-hybridized carbons (Fsp3) is 0.348. The molecule has 154 valence electrons. The van der Waals surface area contributed by atoms with Crippen LogP contribution in [0, 0.1) is 11.3 Å². The smallest absolute Gasteiger partial charge is 0.414 e. The monoisotopic (exact) mass is 407 g/mol. The number of nitrogens with zero attached hydrogens (tertiary/aromatic N) is 1. The number of ketones is 1. The average Bonchev–Trinajstić information content (AvgIpc) is 3.40. The molecule has 3 aliphatic rings. The van der Waals surface area contributed by atoms with Crippen LogP contribution in [0.4, 0.5) is 10.5 Å². The van der Waals surface area contributed by atoms with Crippen LogP contribution < -0.4 is 9.64 Å². The molecule has 5 rings (SSSR count). The van der Waals surface area contributed by atoms with E-state index in [1.807, 2.05) is 30.3 Å². The molecule has 0 N–H and O–H groups in total. The minimum Gasteiger partial charge on any atom is -0.497 e. The number of esters is 1. The van der Waals surface area contributed by atoms with Gasteiger partial charge >= 0.3 is 12.1 Å². The number of anilines is 1. The summed E-state index contributed by atoms with van der Waals surface area (Å²) in [6.45, 7) is 0.124. The lowest BCUT2D eigenvalue weighted by Crippen LogP contribution is -2.44. The summed E-state index contributed by atoms with van der Waals surface area (Å²) in [6, 6.07) is 14.3. The minimum atomic E-state index is -1.21. The molecule has 7 nitrogen and oxygen atoms in total. The summed E-state index contributed by atoms with van der Waals surface area (Å²) >= 11 is 0. The summed E-state index contributed by atoms with van der Waals surface area (Å²) in [7, 11) is 2.84. The van der Waals surface area contributed by atoms with E-state index in [0.29, 0.717) is 11.4 Å². The van der Waals surface area contributed by atoms with Crippen molar-refractivity contribution in [2.75, 3.05) is 19.1 Å². The zero-order chi connectivity index (χ0) is 21.0. The van der Waals surface area contributed by atoms with Gasteiger partial charge < -0.3 is 14.2 Å². The number of carbonyl (C=O) groups is 3. The van der Waals surface area contributed by atoms with Crippen molar-refractivity contribution in [3.63, 3.8) is 0 Å². The lowest BCUT2D eigenvalue weighted by molar-refractivity contribution is -0.151. The first-order valence-corrected chi connectivity index (χ1v) is 9.83. The van der Waals surface area contributed by atoms with E-state index in [2.05, 4.69) is 0 Å². The summed E-state index contributed by atoms with van der Waals surface area (Å²) in [5, 5.41) is 0. The fourth-order valence-corrected chi connectivity index (χ4v) is 5.35. The molecule has 2 aliphatic carbocycles. The number of fused-ring (bicyclic) bond motifs is 3. The third-order valence-corrected chi connectivity index (χ3v) is 6.62. The molecule has 0 radical (unpaired) electrons. The van der Waals surface area contributed by atoms with Crippen molar-refractivity contribution in [2.24, 2.45) is 11.3 Å². The fourth-order valence-electron chi connectivity index (χ4n) is 5.35. The summed E-state index contributed by atoms with van der Waals surface area (Å²) < 4.78 is 15.9. The molecule has 4 unspecified atom stereocenters. The Kier molecular flexibility index (Phi) is 4.10. The molecule has 7 heteroatoms. The normalized spacial score (nSPS) is 27.7. The summed E-state index contributed by atoms with van der Waals surface area (Å²) in [5.41, 5.74) is 1.05. The number of hydrogen-bond donors (Lipinski definition) is 0.